The summed E-state index contributed by atoms with van der Waals surface area (Å²) in [6.45, 7) is 6.76. The molecule has 0 N–H and O–H groups in total. The van der Waals surface area contributed by atoms with E-state index in [2.05, 4.69) is 81.5 Å². The summed E-state index contributed by atoms with van der Waals surface area (Å²) in [5, 5.41) is 2.81. The molecule has 0 heterocycles. The van der Waals surface area contributed by atoms with E-state index < -0.39 is 0 Å². The maximum atomic E-state index is 2.49. The summed E-state index contributed by atoms with van der Waals surface area (Å²) < 4.78 is 0. The molecule has 0 nitrogen and oxygen atoms in total. The second kappa shape index (κ2) is 11.4. The fraction of sp³-hybridized carbons (Fsp3) is 0.562. The zero-order valence-corrected chi connectivity index (χ0v) is 20.7. The molecule has 0 bridgehead atoms. The fourth-order valence-electron chi connectivity index (χ4n) is 6.64. The monoisotopic (exact) mass is 428 g/mol. The molecule has 1 unspecified atom stereocenters. The van der Waals surface area contributed by atoms with Crippen LogP contribution in [-0.4, -0.2) is 0 Å². The first-order chi connectivity index (χ1) is 15.7. The molecule has 0 aromatic heterocycles. The van der Waals surface area contributed by atoms with E-state index in [1.54, 1.807) is 5.56 Å². The number of aryl methyl sites for hydroxylation is 1. The van der Waals surface area contributed by atoms with Gasteiger partial charge in [-0.05, 0) is 130 Å². The molecule has 2 aliphatic carbocycles. The van der Waals surface area contributed by atoms with E-state index in [1.165, 1.54) is 67.7 Å². The van der Waals surface area contributed by atoms with Crippen LogP contribution < -0.4 is 0 Å². The van der Waals surface area contributed by atoms with Crippen molar-refractivity contribution in [2.75, 3.05) is 0 Å². The minimum Gasteiger partial charge on any atom is -0.0917 e. The average molecular weight is 429 g/mol. The Balaban J connectivity index is 1.32. The minimum absolute atomic E-state index is 0.681. The van der Waals surface area contributed by atoms with E-state index in [9.17, 15) is 0 Å². The van der Waals surface area contributed by atoms with Gasteiger partial charge in [-0.1, -0.05) is 67.6 Å². The molecule has 172 valence electrons. The summed E-state index contributed by atoms with van der Waals surface area (Å²) >= 11 is 0. The highest BCUT2D eigenvalue weighted by Crippen LogP contribution is 2.45. The molecule has 2 aromatic rings. The molecule has 0 heteroatoms. The molecule has 4 rings (SSSR count). The topological polar surface area (TPSA) is 0 Å². The Hall–Kier alpha value is -1.82. The summed E-state index contributed by atoms with van der Waals surface area (Å²) in [6, 6.07) is 14.3. The number of fused-ring (bicyclic) bond motifs is 1. The van der Waals surface area contributed by atoms with Crippen molar-refractivity contribution in [2.45, 2.75) is 90.9 Å². The largest absolute Gasteiger partial charge is 0.0917 e. The van der Waals surface area contributed by atoms with Crippen LogP contribution in [0.15, 0.2) is 60.7 Å². The van der Waals surface area contributed by atoms with Crippen LogP contribution in [0.3, 0.4) is 0 Å². The number of rotatable bonds is 7. The van der Waals surface area contributed by atoms with Crippen molar-refractivity contribution in [2.24, 2.45) is 23.7 Å². The first-order valence-electron chi connectivity index (χ1n) is 13.4. The first-order valence-corrected chi connectivity index (χ1v) is 13.4. The van der Waals surface area contributed by atoms with E-state index in [0.717, 1.165) is 36.5 Å². The summed E-state index contributed by atoms with van der Waals surface area (Å²) in [7, 11) is 0. The Morgan fingerprint density at radius 2 is 1.44 bits per heavy atom. The maximum absolute atomic E-state index is 2.49. The van der Waals surface area contributed by atoms with Crippen molar-refractivity contribution in [3.8, 4) is 0 Å². The molecule has 2 saturated carbocycles. The van der Waals surface area contributed by atoms with Gasteiger partial charge in [0.05, 0.1) is 0 Å². The van der Waals surface area contributed by atoms with Crippen LogP contribution in [0.25, 0.3) is 10.8 Å². The highest BCUT2D eigenvalue weighted by atomic mass is 14.4. The van der Waals surface area contributed by atoms with Gasteiger partial charge in [0.1, 0.15) is 0 Å². The van der Waals surface area contributed by atoms with Crippen molar-refractivity contribution in [3.63, 3.8) is 0 Å². The van der Waals surface area contributed by atoms with Crippen molar-refractivity contribution in [3.05, 3.63) is 71.8 Å². The number of hydrogen-bond donors (Lipinski definition) is 0. The van der Waals surface area contributed by atoms with Crippen molar-refractivity contribution in [1.82, 2.24) is 0 Å². The van der Waals surface area contributed by atoms with E-state index >= 15 is 0 Å². The average Bonchev–Trinajstić information content (AvgIpc) is 2.84. The molecular formula is C32H44. The lowest BCUT2D eigenvalue weighted by molar-refractivity contribution is 0.148. The second-order valence-electron chi connectivity index (χ2n) is 10.7. The molecule has 2 aliphatic rings. The zero-order valence-electron chi connectivity index (χ0n) is 20.7. The predicted octanol–water partition coefficient (Wildman–Crippen LogP) is 9.64. The minimum atomic E-state index is 0.681. The Morgan fingerprint density at radius 3 is 2.12 bits per heavy atom. The maximum Gasteiger partial charge on any atom is -0.0162 e. The van der Waals surface area contributed by atoms with Gasteiger partial charge < -0.3 is 0 Å². The molecule has 1 atom stereocenters. The SMILES string of the molecule is C/C=C/CCc1ccc2cc(C(C)C3CCC(C4CCC(/C=C/C)CC4)CC3)ccc2c1. The van der Waals surface area contributed by atoms with Gasteiger partial charge >= 0.3 is 0 Å². The number of benzene rings is 2. The Labute approximate surface area is 197 Å². The third-order valence-corrected chi connectivity index (χ3v) is 8.76. The van der Waals surface area contributed by atoms with Gasteiger partial charge in [-0.15, -0.1) is 0 Å². The van der Waals surface area contributed by atoms with E-state index in [1.807, 2.05) is 0 Å². The molecule has 2 fully saturated rings. The normalized spacial score (nSPS) is 28.0. The van der Waals surface area contributed by atoms with Gasteiger partial charge in [0, 0.05) is 0 Å². The predicted molar refractivity (Wildman–Crippen MR) is 141 cm³/mol. The standard InChI is InChI=1S/C32H44/c1-4-6-7-9-26-12-15-32-23-30(20-21-31(32)22-26)24(3)27-16-18-29(19-17-27)28-13-10-25(8-5-2)11-14-28/h4-6,8,12,15,20-25,27-29H,7,9-11,13-14,16-19H2,1-3H3/b6-4+,8-5+. The van der Waals surface area contributed by atoms with Gasteiger partial charge in [-0.3, -0.25) is 0 Å². The molecule has 0 spiro atoms. The van der Waals surface area contributed by atoms with E-state index in [4.69, 9.17) is 0 Å². The van der Waals surface area contributed by atoms with Crippen molar-refractivity contribution in [1.29, 1.82) is 0 Å². The quantitative estimate of drug-likeness (QED) is 0.385. The smallest absolute Gasteiger partial charge is 0.0162 e. The lowest BCUT2D eigenvalue weighted by Gasteiger charge is -2.39. The van der Waals surface area contributed by atoms with Crippen LogP contribution in [0, 0.1) is 23.7 Å². The Bertz CT molecular complexity index is 901. The number of hydrogen-bond acceptors (Lipinski definition) is 0. The summed E-state index contributed by atoms with van der Waals surface area (Å²) in [6.07, 6.45) is 23.0. The Kier molecular flexibility index (Phi) is 8.28. The van der Waals surface area contributed by atoms with Gasteiger partial charge in [-0.2, -0.15) is 0 Å². The molecule has 2 aromatic carbocycles. The van der Waals surface area contributed by atoms with E-state index in [0.29, 0.717) is 5.92 Å². The summed E-state index contributed by atoms with van der Waals surface area (Å²) in [5.41, 5.74) is 3.00. The number of allylic oxidation sites excluding steroid dienone is 4. The zero-order chi connectivity index (χ0) is 22.3. The van der Waals surface area contributed by atoms with Crippen LogP contribution in [-0.2, 0) is 6.42 Å². The molecule has 0 aliphatic heterocycles. The lowest BCUT2D eigenvalue weighted by atomic mass is 9.67. The van der Waals surface area contributed by atoms with Gasteiger partial charge in [0.25, 0.3) is 0 Å². The van der Waals surface area contributed by atoms with Crippen LogP contribution in [0.5, 0.6) is 0 Å². The van der Waals surface area contributed by atoms with Crippen LogP contribution in [0.1, 0.15) is 95.6 Å². The first kappa shape index (κ1) is 23.3. The fourth-order valence-corrected chi connectivity index (χ4v) is 6.64. The van der Waals surface area contributed by atoms with E-state index in [-0.39, 0.29) is 0 Å². The third-order valence-electron chi connectivity index (χ3n) is 8.76. The molecule has 32 heavy (non-hydrogen) atoms. The third kappa shape index (κ3) is 5.75. The summed E-state index contributed by atoms with van der Waals surface area (Å²) in [5.74, 6) is 4.42. The van der Waals surface area contributed by atoms with Gasteiger partial charge in [-0.25, -0.2) is 0 Å². The molecule has 0 saturated heterocycles. The van der Waals surface area contributed by atoms with Gasteiger partial charge in [0.2, 0.25) is 0 Å². The summed E-state index contributed by atoms with van der Waals surface area (Å²) in [4.78, 5) is 0. The highest BCUT2D eigenvalue weighted by molar-refractivity contribution is 5.84. The Morgan fingerprint density at radius 1 is 0.781 bits per heavy atom. The van der Waals surface area contributed by atoms with Gasteiger partial charge in [0.15, 0.2) is 0 Å². The molecular weight excluding hydrogens is 384 g/mol. The highest BCUT2D eigenvalue weighted by Gasteiger charge is 2.32. The van der Waals surface area contributed by atoms with Crippen LogP contribution in [0.2, 0.25) is 0 Å². The van der Waals surface area contributed by atoms with Crippen molar-refractivity contribution < 1.29 is 0 Å². The lowest BCUT2D eigenvalue weighted by Crippen LogP contribution is -2.27. The van der Waals surface area contributed by atoms with Crippen LogP contribution >= 0.6 is 0 Å². The van der Waals surface area contributed by atoms with Crippen molar-refractivity contribution >= 4 is 10.8 Å². The molecule has 0 radical (unpaired) electrons. The second-order valence-corrected chi connectivity index (χ2v) is 10.7. The van der Waals surface area contributed by atoms with Crippen LogP contribution in [0.4, 0.5) is 0 Å². The molecule has 0 amide bonds.